The molecule has 16 heteroatoms. The van der Waals surface area contributed by atoms with E-state index in [0.717, 1.165) is 67.9 Å². The van der Waals surface area contributed by atoms with Gasteiger partial charge in [-0.3, -0.25) is 4.98 Å². The predicted octanol–water partition coefficient (Wildman–Crippen LogP) is 4.54. The number of fused-ring (bicyclic) bond motifs is 3. The summed E-state index contributed by atoms with van der Waals surface area (Å²) in [4.78, 5) is 17.6. The third kappa shape index (κ3) is 7.50. The van der Waals surface area contributed by atoms with Crippen LogP contribution in [-0.4, -0.2) is 85.3 Å². The van der Waals surface area contributed by atoms with Crippen molar-refractivity contribution in [1.29, 1.82) is 0 Å². The van der Waals surface area contributed by atoms with E-state index >= 15 is 0 Å². The number of pyridine rings is 1. The molecule has 1 atom stereocenters. The molecule has 0 spiro atoms. The summed E-state index contributed by atoms with van der Waals surface area (Å²) in [6, 6.07) is 6.89. The van der Waals surface area contributed by atoms with Gasteiger partial charge >= 0.3 is 12.4 Å². The molecule has 1 aliphatic heterocycles. The molecule has 0 saturated carbocycles. The molecule has 6 rings (SSSR count). The third-order valence-electron chi connectivity index (χ3n) is 7.37. The Morgan fingerprint density at radius 1 is 0.933 bits per heavy atom. The van der Waals surface area contributed by atoms with Crippen molar-refractivity contribution in [2.75, 3.05) is 45.2 Å². The predicted molar refractivity (Wildman–Crippen MR) is 156 cm³/mol. The number of imidazole rings is 1. The van der Waals surface area contributed by atoms with E-state index < -0.39 is 23.5 Å². The molecular formula is C29H32F6N10. The van der Waals surface area contributed by atoms with Crippen LogP contribution in [0.4, 0.5) is 32.2 Å². The molecule has 5 heterocycles. The Labute approximate surface area is 254 Å². The van der Waals surface area contributed by atoms with E-state index in [0.29, 0.717) is 29.3 Å². The first kappa shape index (κ1) is 32.1. The fraction of sp³-hybridized carbons (Fsp3) is 0.414. The molecule has 1 aromatic carbocycles. The van der Waals surface area contributed by atoms with Crippen molar-refractivity contribution in [3.8, 4) is 0 Å². The van der Waals surface area contributed by atoms with Crippen LogP contribution in [0.15, 0.2) is 55.2 Å². The zero-order valence-electron chi connectivity index (χ0n) is 24.8. The van der Waals surface area contributed by atoms with E-state index in [1.54, 1.807) is 6.33 Å². The van der Waals surface area contributed by atoms with Gasteiger partial charge in [0.1, 0.15) is 11.8 Å². The topological polar surface area (TPSA) is 92.3 Å². The zero-order valence-corrected chi connectivity index (χ0v) is 24.8. The van der Waals surface area contributed by atoms with Crippen LogP contribution in [0.1, 0.15) is 29.3 Å². The molecule has 0 amide bonds. The Balaban J connectivity index is 0.000000180. The lowest BCUT2D eigenvalue weighted by Gasteiger charge is -2.34. The van der Waals surface area contributed by atoms with Gasteiger partial charge in [-0.05, 0) is 50.8 Å². The van der Waals surface area contributed by atoms with Crippen molar-refractivity contribution in [3.63, 3.8) is 0 Å². The SMILES string of the molecule is CC1CNCCN1c1nc2nncn2c2c1ncn2CCN(C)C.FC(F)(F)c1ccc(Cc2ccc(C(F)(F)F)cn2)cc1. The van der Waals surface area contributed by atoms with Crippen molar-refractivity contribution in [3.05, 3.63) is 77.6 Å². The maximum atomic E-state index is 12.4. The average molecular weight is 635 g/mol. The van der Waals surface area contributed by atoms with Gasteiger partial charge in [-0.25, -0.2) is 9.38 Å². The molecule has 1 saturated heterocycles. The number of benzene rings is 1. The van der Waals surface area contributed by atoms with Crippen LogP contribution in [0.2, 0.25) is 0 Å². The average Bonchev–Trinajstić information content (AvgIpc) is 3.63. The van der Waals surface area contributed by atoms with Crippen LogP contribution in [0.25, 0.3) is 16.9 Å². The zero-order chi connectivity index (χ0) is 32.4. The first-order valence-corrected chi connectivity index (χ1v) is 14.2. The van der Waals surface area contributed by atoms with Crippen LogP contribution in [0.3, 0.4) is 0 Å². The Morgan fingerprint density at radius 3 is 2.27 bits per heavy atom. The molecule has 1 aliphatic rings. The summed E-state index contributed by atoms with van der Waals surface area (Å²) in [7, 11) is 4.14. The number of piperazine rings is 1. The highest BCUT2D eigenvalue weighted by molar-refractivity contribution is 5.86. The summed E-state index contributed by atoms with van der Waals surface area (Å²) in [5.74, 6) is 1.53. The minimum absolute atomic E-state index is 0.163. The number of anilines is 1. The summed E-state index contributed by atoms with van der Waals surface area (Å²) < 4.78 is 78.3. The molecule has 1 unspecified atom stereocenters. The molecular weight excluding hydrogens is 602 g/mol. The number of rotatable bonds is 6. The van der Waals surface area contributed by atoms with E-state index in [2.05, 4.69) is 60.9 Å². The molecule has 0 radical (unpaired) electrons. The number of likely N-dealkylation sites (N-methyl/N-ethyl adjacent to an activating group) is 1. The summed E-state index contributed by atoms with van der Waals surface area (Å²) in [5.41, 5.74) is 1.17. The minimum Gasteiger partial charge on any atom is -0.349 e. The summed E-state index contributed by atoms with van der Waals surface area (Å²) >= 11 is 0. The number of alkyl halides is 6. The number of nitrogens with one attached hydrogen (secondary N) is 1. The molecule has 5 aromatic rings. The van der Waals surface area contributed by atoms with Crippen molar-refractivity contribution >= 4 is 22.8 Å². The van der Waals surface area contributed by atoms with Gasteiger partial charge in [-0.2, -0.15) is 31.3 Å². The van der Waals surface area contributed by atoms with Gasteiger partial charge in [0.05, 0.1) is 17.5 Å². The van der Waals surface area contributed by atoms with Gasteiger partial charge in [-0.1, -0.05) is 12.1 Å². The number of aromatic nitrogens is 7. The Morgan fingerprint density at radius 2 is 1.64 bits per heavy atom. The van der Waals surface area contributed by atoms with Crippen molar-refractivity contribution < 1.29 is 26.3 Å². The molecule has 0 bridgehead atoms. The Kier molecular flexibility index (Phi) is 9.25. The Hall–Kier alpha value is -4.31. The largest absolute Gasteiger partial charge is 0.417 e. The van der Waals surface area contributed by atoms with Crippen molar-refractivity contribution in [2.45, 2.75) is 38.3 Å². The second kappa shape index (κ2) is 13.0. The fourth-order valence-electron chi connectivity index (χ4n) is 4.93. The second-order valence-electron chi connectivity index (χ2n) is 11.0. The number of hydrogen-bond donors (Lipinski definition) is 1. The van der Waals surface area contributed by atoms with E-state index in [9.17, 15) is 26.3 Å². The lowest BCUT2D eigenvalue weighted by Crippen LogP contribution is -2.50. The minimum atomic E-state index is -4.46. The van der Waals surface area contributed by atoms with E-state index in [1.165, 1.54) is 18.2 Å². The molecule has 10 nitrogen and oxygen atoms in total. The fourth-order valence-corrected chi connectivity index (χ4v) is 4.93. The van der Waals surface area contributed by atoms with E-state index in [-0.39, 0.29) is 6.42 Å². The number of halogens is 6. The summed E-state index contributed by atoms with van der Waals surface area (Å²) in [6.07, 6.45) is -4.39. The number of hydrogen-bond acceptors (Lipinski definition) is 8. The van der Waals surface area contributed by atoms with Gasteiger partial charge in [-0.15, -0.1) is 10.2 Å². The maximum Gasteiger partial charge on any atom is 0.417 e. The van der Waals surface area contributed by atoms with Gasteiger partial charge in [0.25, 0.3) is 5.78 Å². The summed E-state index contributed by atoms with van der Waals surface area (Å²) in [6.45, 7) is 6.82. The van der Waals surface area contributed by atoms with Gasteiger partial charge < -0.3 is 19.7 Å². The lowest BCUT2D eigenvalue weighted by atomic mass is 10.1. The molecule has 1 fully saturated rings. The highest BCUT2D eigenvalue weighted by Gasteiger charge is 2.31. The van der Waals surface area contributed by atoms with Crippen LogP contribution < -0.4 is 10.2 Å². The summed E-state index contributed by atoms with van der Waals surface area (Å²) in [5, 5.41) is 11.6. The van der Waals surface area contributed by atoms with Crippen molar-refractivity contribution in [1.82, 2.24) is 44.3 Å². The number of nitrogens with zero attached hydrogens (tertiary/aromatic N) is 9. The molecule has 45 heavy (non-hydrogen) atoms. The standard InChI is InChI=1S/C15H23N9.C14H9F6N/c1-11-8-16-4-5-23(11)13-12-14(24-10-18-20-15(24)19-13)22(9-17-12)7-6-21(2)3;15-13(16,17)10-3-1-9(2-4-10)7-12-6-5-11(8-21-12)14(18,19)20/h9-11,16H,4-8H2,1-3H3;1-6,8H,7H2. The van der Waals surface area contributed by atoms with E-state index in [4.69, 9.17) is 4.98 Å². The lowest BCUT2D eigenvalue weighted by molar-refractivity contribution is -0.138. The normalized spacial score (nSPS) is 16.0. The first-order chi connectivity index (χ1) is 21.3. The third-order valence-corrected chi connectivity index (χ3v) is 7.37. The van der Waals surface area contributed by atoms with Crippen LogP contribution in [0, 0.1) is 0 Å². The molecule has 4 aromatic heterocycles. The second-order valence-corrected chi connectivity index (χ2v) is 11.0. The quantitative estimate of drug-likeness (QED) is 0.273. The van der Waals surface area contributed by atoms with Gasteiger partial charge in [0, 0.05) is 57.1 Å². The molecule has 0 aliphatic carbocycles. The smallest absolute Gasteiger partial charge is 0.349 e. The molecule has 1 N–H and O–H groups in total. The Bertz CT molecular complexity index is 1650. The van der Waals surface area contributed by atoms with Crippen LogP contribution in [0.5, 0.6) is 0 Å². The maximum absolute atomic E-state index is 12.4. The first-order valence-electron chi connectivity index (χ1n) is 14.2. The van der Waals surface area contributed by atoms with Gasteiger partial charge in [0.2, 0.25) is 0 Å². The van der Waals surface area contributed by atoms with Crippen molar-refractivity contribution in [2.24, 2.45) is 0 Å². The highest BCUT2D eigenvalue weighted by Crippen LogP contribution is 2.31. The highest BCUT2D eigenvalue weighted by atomic mass is 19.4. The monoisotopic (exact) mass is 634 g/mol. The molecule has 240 valence electrons. The van der Waals surface area contributed by atoms with E-state index in [1.807, 2.05) is 10.7 Å². The van der Waals surface area contributed by atoms with Crippen LogP contribution in [-0.2, 0) is 25.3 Å². The van der Waals surface area contributed by atoms with Crippen LogP contribution >= 0.6 is 0 Å². The van der Waals surface area contributed by atoms with Gasteiger partial charge in [0.15, 0.2) is 11.5 Å².